The lowest BCUT2D eigenvalue weighted by atomic mass is 10.1. The summed E-state index contributed by atoms with van der Waals surface area (Å²) in [7, 11) is 0. The number of aliphatic hydroxyl groups excluding tert-OH is 3. The number of hydrogen-bond donors (Lipinski definition) is 4. The minimum absolute atomic E-state index is 0.0908. The van der Waals surface area contributed by atoms with Gasteiger partial charge in [0.05, 0.1) is 24.2 Å². The van der Waals surface area contributed by atoms with Gasteiger partial charge in [-0.1, -0.05) is 12.1 Å². The molecule has 6 atom stereocenters. The molecule has 4 N–H and O–H groups in total. The van der Waals surface area contributed by atoms with Gasteiger partial charge in [-0.2, -0.15) is 0 Å². The summed E-state index contributed by atoms with van der Waals surface area (Å²) in [5.41, 5.74) is 1.69. The summed E-state index contributed by atoms with van der Waals surface area (Å²) in [5, 5.41) is 38.4. The quantitative estimate of drug-likeness (QED) is 0.467. The minimum Gasteiger partial charge on any atom is -0.391 e. The van der Waals surface area contributed by atoms with E-state index in [9.17, 15) is 15.3 Å². The lowest BCUT2D eigenvalue weighted by Gasteiger charge is -2.18. The monoisotopic (exact) mass is 416 g/mol. The highest BCUT2D eigenvalue weighted by molar-refractivity contribution is 5.82. The summed E-state index contributed by atoms with van der Waals surface area (Å²) in [6.45, 7) is 1.94. The molecular formula is C19H24N6O5. The Morgan fingerprint density at radius 2 is 2.03 bits per heavy atom. The third-order valence-corrected chi connectivity index (χ3v) is 5.89. The second kappa shape index (κ2) is 7.58. The standard InChI is InChI=1S/C19H24N6O5/c1-2-9-6-12(30-24-9)16-14(27)15(28)19(29-16)25-8-22-13-17(20-7-21-18(13)25)23-10-4-3-5-11(10)26/h6-8,10-11,14-16,19,26-28H,2-5H2,1H3,(H,20,21,23)/t10-,11-,14-,15+,16+,19+/m0/s1. The van der Waals surface area contributed by atoms with Crippen molar-refractivity contribution in [2.75, 3.05) is 5.32 Å². The number of nitrogens with zero attached hydrogens (tertiary/aromatic N) is 5. The molecule has 0 aromatic carbocycles. The molecule has 2 aliphatic rings. The van der Waals surface area contributed by atoms with Crippen molar-refractivity contribution in [1.29, 1.82) is 0 Å². The van der Waals surface area contributed by atoms with Crippen LogP contribution in [-0.4, -0.2) is 64.3 Å². The summed E-state index contributed by atoms with van der Waals surface area (Å²) in [6.07, 6.45) is 1.52. The first-order chi connectivity index (χ1) is 14.6. The van der Waals surface area contributed by atoms with E-state index in [0.29, 0.717) is 29.2 Å². The molecule has 11 heteroatoms. The SMILES string of the molecule is CCc1cc([C@H]2O[C@@H](n3cnc4c(N[C@H]5CCC[C@@H]5O)ncnc43)[C@H](O)[C@@H]2O)on1. The van der Waals surface area contributed by atoms with Crippen LogP contribution < -0.4 is 5.32 Å². The Morgan fingerprint density at radius 3 is 2.77 bits per heavy atom. The fraction of sp³-hybridized carbons (Fsp3) is 0.579. The van der Waals surface area contributed by atoms with Crippen LogP contribution in [0.4, 0.5) is 5.82 Å². The van der Waals surface area contributed by atoms with E-state index in [-0.39, 0.29) is 6.04 Å². The third-order valence-electron chi connectivity index (χ3n) is 5.89. The van der Waals surface area contributed by atoms with Crippen LogP contribution in [0.2, 0.25) is 0 Å². The van der Waals surface area contributed by atoms with Gasteiger partial charge >= 0.3 is 0 Å². The molecule has 160 valence electrons. The molecule has 3 aromatic rings. The first kappa shape index (κ1) is 19.4. The van der Waals surface area contributed by atoms with Gasteiger partial charge in [0.1, 0.15) is 24.6 Å². The Bertz CT molecular complexity index is 1040. The molecule has 1 aliphatic carbocycles. The summed E-state index contributed by atoms with van der Waals surface area (Å²) in [5.74, 6) is 0.870. The van der Waals surface area contributed by atoms with Crippen LogP contribution in [0.25, 0.3) is 11.2 Å². The molecule has 4 heterocycles. The zero-order valence-corrected chi connectivity index (χ0v) is 16.4. The normalized spacial score (nSPS) is 31.6. The van der Waals surface area contributed by atoms with E-state index in [1.54, 1.807) is 10.6 Å². The third kappa shape index (κ3) is 3.14. The van der Waals surface area contributed by atoms with E-state index in [1.165, 1.54) is 12.7 Å². The van der Waals surface area contributed by atoms with Crippen molar-refractivity contribution in [1.82, 2.24) is 24.7 Å². The topological polar surface area (TPSA) is 152 Å². The largest absolute Gasteiger partial charge is 0.391 e. The molecule has 5 rings (SSSR count). The number of hydrogen-bond acceptors (Lipinski definition) is 10. The van der Waals surface area contributed by atoms with Crippen molar-refractivity contribution in [3.63, 3.8) is 0 Å². The van der Waals surface area contributed by atoms with E-state index in [2.05, 4.69) is 25.4 Å². The lowest BCUT2D eigenvalue weighted by molar-refractivity contribution is -0.0434. The maximum Gasteiger partial charge on any atom is 0.168 e. The molecule has 3 aromatic heterocycles. The van der Waals surface area contributed by atoms with Crippen LogP contribution in [-0.2, 0) is 11.2 Å². The Labute approximate surface area is 171 Å². The number of aryl methyl sites for hydroxylation is 1. The van der Waals surface area contributed by atoms with Gasteiger partial charge in [-0.25, -0.2) is 15.0 Å². The van der Waals surface area contributed by atoms with E-state index >= 15 is 0 Å². The Hall–Kier alpha value is -2.60. The van der Waals surface area contributed by atoms with E-state index in [1.807, 2.05) is 6.92 Å². The highest BCUT2D eigenvalue weighted by Gasteiger charge is 2.47. The van der Waals surface area contributed by atoms with Gasteiger partial charge in [0.2, 0.25) is 0 Å². The number of fused-ring (bicyclic) bond motifs is 1. The molecule has 0 spiro atoms. The van der Waals surface area contributed by atoms with Gasteiger partial charge in [0, 0.05) is 6.07 Å². The predicted octanol–water partition coefficient (Wildman–Crippen LogP) is 0.694. The van der Waals surface area contributed by atoms with Gasteiger partial charge < -0.3 is 29.9 Å². The second-order valence-electron chi connectivity index (χ2n) is 7.80. The molecule has 1 aliphatic heterocycles. The molecule has 30 heavy (non-hydrogen) atoms. The van der Waals surface area contributed by atoms with Crippen molar-refractivity contribution in [2.24, 2.45) is 0 Å². The molecule has 2 fully saturated rings. The van der Waals surface area contributed by atoms with Crippen molar-refractivity contribution >= 4 is 17.0 Å². The molecule has 0 unspecified atom stereocenters. The van der Waals surface area contributed by atoms with Crippen LogP contribution in [0.1, 0.15) is 50.0 Å². The van der Waals surface area contributed by atoms with E-state index in [4.69, 9.17) is 9.26 Å². The number of anilines is 1. The molecule has 1 saturated heterocycles. The van der Waals surface area contributed by atoms with Crippen LogP contribution in [0.3, 0.4) is 0 Å². The first-order valence-corrected chi connectivity index (χ1v) is 10.2. The smallest absolute Gasteiger partial charge is 0.168 e. The maximum atomic E-state index is 10.6. The van der Waals surface area contributed by atoms with Crippen molar-refractivity contribution < 1.29 is 24.6 Å². The van der Waals surface area contributed by atoms with Gasteiger partial charge in [-0.05, 0) is 25.7 Å². The van der Waals surface area contributed by atoms with Crippen molar-refractivity contribution in [2.45, 2.75) is 69.3 Å². The van der Waals surface area contributed by atoms with E-state index < -0.39 is 30.6 Å². The molecular weight excluding hydrogens is 392 g/mol. The molecule has 0 bridgehead atoms. The lowest BCUT2D eigenvalue weighted by Crippen LogP contribution is -2.29. The Balaban J connectivity index is 1.44. The number of aliphatic hydroxyl groups is 3. The number of rotatable bonds is 5. The molecule has 1 saturated carbocycles. The number of aromatic nitrogens is 5. The summed E-state index contributed by atoms with van der Waals surface area (Å²) >= 11 is 0. The zero-order valence-electron chi connectivity index (χ0n) is 16.4. The minimum atomic E-state index is -1.22. The molecule has 0 amide bonds. The van der Waals surface area contributed by atoms with Gasteiger partial charge in [-0.3, -0.25) is 4.57 Å². The zero-order chi connectivity index (χ0) is 20.8. The van der Waals surface area contributed by atoms with E-state index in [0.717, 1.165) is 25.0 Å². The van der Waals surface area contributed by atoms with Crippen LogP contribution in [0.5, 0.6) is 0 Å². The highest BCUT2D eigenvalue weighted by atomic mass is 16.6. The summed E-state index contributed by atoms with van der Waals surface area (Å²) < 4.78 is 12.8. The fourth-order valence-corrected chi connectivity index (χ4v) is 4.18. The predicted molar refractivity (Wildman–Crippen MR) is 103 cm³/mol. The summed E-state index contributed by atoms with van der Waals surface area (Å²) in [4.78, 5) is 13.0. The fourth-order valence-electron chi connectivity index (χ4n) is 4.18. The number of ether oxygens (including phenoxy) is 1. The van der Waals surface area contributed by atoms with Crippen molar-refractivity contribution in [3.8, 4) is 0 Å². The highest BCUT2D eigenvalue weighted by Crippen LogP contribution is 2.40. The first-order valence-electron chi connectivity index (χ1n) is 10.2. The molecule has 0 radical (unpaired) electrons. The average molecular weight is 416 g/mol. The number of imidazole rings is 1. The van der Waals surface area contributed by atoms with Gasteiger partial charge in [-0.15, -0.1) is 0 Å². The van der Waals surface area contributed by atoms with Crippen LogP contribution >= 0.6 is 0 Å². The van der Waals surface area contributed by atoms with Crippen molar-refractivity contribution in [3.05, 3.63) is 30.2 Å². The van der Waals surface area contributed by atoms with Gasteiger partial charge in [0.25, 0.3) is 0 Å². The maximum absolute atomic E-state index is 10.6. The average Bonchev–Trinajstić information content (AvgIpc) is 3.52. The Morgan fingerprint density at radius 1 is 1.17 bits per heavy atom. The van der Waals surface area contributed by atoms with Crippen LogP contribution in [0.15, 0.2) is 23.2 Å². The van der Waals surface area contributed by atoms with Crippen LogP contribution in [0, 0.1) is 0 Å². The van der Waals surface area contributed by atoms with Gasteiger partial charge in [0.15, 0.2) is 29.0 Å². The second-order valence-corrected chi connectivity index (χ2v) is 7.80. The summed E-state index contributed by atoms with van der Waals surface area (Å²) in [6, 6.07) is 1.62. The molecule has 11 nitrogen and oxygen atoms in total. The number of nitrogens with one attached hydrogen (secondary N) is 1. The Kier molecular flexibility index (Phi) is 4.89.